The quantitative estimate of drug-likeness (QED) is 0.841. The second-order valence-corrected chi connectivity index (χ2v) is 6.23. The Morgan fingerprint density at radius 2 is 1.60 bits per heavy atom. The van der Waals surface area contributed by atoms with Crippen LogP contribution >= 0.6 is 0 Å². The summed E-state index contributed by atoms with van der Waals surface area (Å²) in [7, 11) is 1.62. The van der Waals surface area contributed by atoms with E-state index in [1.807, 2.05) is 54.6 Å². The maximum Gasteiger partial charge on any atom is 0.245 e. The number of nitrogens with zero attached hydrogens (tertiary/aromatic N) is 2. The Morgan fingerprint density at radius 3 is 2.24 bits per heavy atom. The number of hydrogen-bond acceptors (Lipinski definition) is 3. The Labute approximate surface area is 147 Å². The minimum Gasteiger partial charge on any atom is -0.497 e. The predicted octanol–water partition coefficient (Wildman–Crippen LogP) is 2.45. The number of carbonyl (C=O) groups is 2. The van der Waals surface area contributed by atoms with Crippen molar-refractivity contribution in [1.29, 1.82) is 0 Å². The van der Waals surface area contributed by atoms with Crippen LogP contribution in [0.15, 0.2) is 54.6 Å². The van der Waals surface area contributed by atoms with Gasteiger partial charge in [0.2, 0.25) is 11.8 Å². The molecule has 0 aromatic heterocycles. The van der Waals surface area contributed by atoms with E-state index in [0.717, 1.165) is 16.9 Å². The summed E-state index contributed by atoms with van der Waals surface area (Å²) >= 11 is 0. The van der Waals surface area contributed by atoms with Crippen molar-refractivity contribution >= 4 is 11.8 Å². The van der Waals surface area contributed by atoms with Gasteiger partial charge in [0.15, 0.2) is 0 Å². The van der Waals surface area contributed by atoms with E-state index in [2.05, 4.69) is 0 Å². The van der Waals surface area contributed by atoms with Gasteiger partial charge in [-0.15, -0.1) is 0 Å². The summed E-state index contributed by atoms with van der Waals surface area (Å²) in [4.78, 5) is 28.6. The average molecular weight is 338 g/mol. The van der Waals surface area contributed by atoms with E-state index in [4.69, 9.17) is 4.74 Å². The molecule has 0 radical (unpaired) electrons. The molecule has 25 heavy (non-hydrogen) atoms. The number of ether oxygens (including phenoxy) is 1. The molecule has 0 unspecified atom stereocenters. The van der Waals surface area contributed by atoms with E-state index >= 15 is 0 Å². The van der Waals surface area contributed by atoms with Crippen molar-refractivity contribution in [3.05, 3.63) is 65.7 Å². The van der Waals surface area contributed by atoms with E-state index in [0.29, 0.717) is 13.1 Å². The van der Waals surface area contributed by atoms with Gasteiger partial charge in [0.25, 0.3) is 0 Å². The summed E-state index contributed by atoms with van der Waals surface area (Å²) < 4.78 is 5.14. The first-order valence-corrected chi connectivity index (χ1v) is 8.33. The number of carbonyl (C=O) groups excluding carboxylic acids is 2. The lowest BCUT2D eigenvalue weighted by atomic mass is 10.1. The van der Waals surface area contributed by atoms with Gasteiger partial charge >= 0.3 is 0 Å². The van der Waals surface area contributed by atoms with Gasteiger partial charge in [0.1, 0.15) is 18.3 Å². The number of hydrogen-bond donors (Lipinski definition) is 0. The van der Waals surface area contributed by atoms with Crippen LogP contribution in [0.2, 0.25) is 0 Å². The summed E-state index contributed by atoms with van der Waals surface area (Å²) in [5, 5.41) is 0. The van der Waals surface area contributed by atoms with Crippen LogP contribution in [0.4, 0.5) is 0 Å². The summed E-state index contributed by atoms with van der Waals surface area (Å²) in [6, 6.07) is 16.8. The number of piperazine rings is 1. The van der Waals surface area contributed by atoms with E-state index in [1.165, 1.54) is 0 Å². The van der Waals surface area contributed by atoms with Crippen molar-refractivity contribution < 1.29 is 14.3 Å². The van der Waals surface area contributed by atoms with Gasteiger partial charge in [0, 0.05) is 13.1 Å². The molecule has 0 N–H and O–H groups in total. The molecular formula is C20H22N2O3. The fraction of sp³-hybridized carbons (Fsp3) is 0.300. The molecule has 0 saturated carbocycles. The molecule has 130 valence electrons. The third-order valence-corrected chi connectivity index (χ3v) is 4.51. The maximum absolute atomic E-state index is 12.7. The molecule has 1 saturated heterocycles. The molecule has 0 spiro atoms. The monoisotopic (exact) mass is 338 g/mol. The van der Waals surface area contributed by atoms with E-state index in [1.54, 1.807) is 23.8 Å². The van der Waals surface area contributed by atoms with Crippen LogP contribution in [0, 0.1) is 0 Å². The largest absolute Gasteiger partial charge is 0.497 e. The third kappa shape index (κ3) is 3.82. The Morgan fingerprint density at radius 1 is 0.960 bits per heavy atom. The second kappa shape index (κ2) is 7.38. The number of methoxy groups -OCH3 is 1. The van der Waals surface area contributed by atoms with Crippen LogP contribution in [-0.4, -0.2) is 41.3 Å². The highest BCUT2D eigenvalue weighted by molar-refractivity contribution is 5.94. The Kier molecular flexibility index (Phi) is 5.03. The summed E-state index contributed by atoms with van der Waals surface area (Å²) in [6.45, 7) is 2.80. The van der Waals surface area contributed by atoms with Crippen LogP contribution in [-0.2, 0) is 22.7 Å². The molecule has 0 bridgehead atoms. The van der Waals surface area contributed by atoms with Crippen LogP contribution < -0.4 is 4.74 Å². The fourth-order valence-electron chi connectivity index (χ4n) is 3.04. The van der Waals surface area contributed by atoms with Gasteiger partial charge in [-0.2, -0.15) is 0 Å². The molecule has 5 heteroatoms. The summed E-state index contributed by atoms with van der Waals surface area (Å²) in [5.41, 5.74) is 2.00. The van der Waals surface area contributed by atoms with Gasteiger partial charge in [-0.05, 0) is 30.2 Å². The lowest BCUT2D eigenvalue weighted by Gasteiger charge is -2.38. The molecule has 2 aromatic rings. The molecule has 1 aliphatic heterocycles. The lowest BCUT2D eigenvalue weighted by Crippen LogP contribution is -2.57. The Bertz CT molecular complexity index is 743. The van der Waals surface area contributed by atoms with Crippen LogP contribution in [0.1, 0.15) is 18.1 Å². The normalized spacial score (nSPS) is 17.8. The highest BCUT2D eigenvalue weighted by Gasteiger charge is 2.36. The zero-order chi connectivity index (χ0) is 17.8. The number of rotatable bonds is 5. The molecule has 1 heterocycles. The minimum absolute atomic E-state index is 0.0219. The highest BCUT2D eigenvalue weighted by atomic mass is 16.5. The first kappa shape index (κ1) is 17.0. The topological polar surface area (TPSA) is 49.9 Å². The van der Waals surface area contributed by atoms with E-state index in [-0.39, 0.29) is 18.4 Å². The standard InChI is InChI=1S/C20H22N2O3/c1-15-20(24)21(12-17-8-10-18(25-2)11-9-17)14-19(23)22(15)13-16-6-4-3-5-7-16/h3-11,15H,12-14H2,1-2H3/t15-/m0/s1. The molecule has 3 rings (SSSR count). The number of benzene rings is 2. The van der Waals surface area contributed by atoms with Crippen LogP contribution in [0.3, 0.4) is 0 Å². The first-order chi connectivity index (χ1) is 12.1. The average Bonchev–Trinajstić information content (AvgIpc) is 2.64. The lowest BCUT2D eigenvalue weighted by molar-refractivity contribution is -0.156. The molecular weight excluding hydrogens is 316 g/mol. The van der Waals surface area contributed by atoms with Crippen molar-refractivity contribution in [2.24, 2.45) is 0 Å². The van der Waals surface area contributed by atoms with Crippen LogP contribution in [0.5, 0.6) is 5.75 Å². The zero-order valence-electron chi connectivity index (χ0n) is 14.5. The van der Waals surface area contributed by atoms with Gasteiger partial charge in [0.05, 0.1) is 7.11 Å². The van der Waals surface area contributed by atoms with E-state index in [9.17, 15) is 9.59 Å². The van der Waals surface area contributed by atoms with Gasteiger partial charge in [-0.25, -0.2) is 0 Å². The zero-order valence-corrected chi connectivity index (χ0v) is 14.5. The molecule has 1 atom stereocenters. The van der Waals surface area contributed by atoms with Crippen molar-refractivity contribution in [3.63, 3.8) is 0 Å². The molecule has 2 amide bonds. The van der Waals surface area contributed by atoms with Crippen LogP contribution in [0.25, 0.3) is 0 Å². The third-order valence-electron chi connectivity index (χ3n) is 4.51. The molecule has 1 fully saturated rings. The SMILES string of the molecule is COc1ccc(CN2CC(=O)N(Cc3ccccc3)[C@@H](C)C2=O)cc1. The molecule has 0 aliphatic carbocycles. The fourth-order valence-corrected chi connectivity index (χ4v) is 3.04. The first-order valence-electron chi connectivity index (χ1n) is 8.33. The Balaban J connectivity index is 1.69. The summed E-state index contributed by atoms with van der Waals surface area (Å²) in [6.07, 6.45) is 0. The smallest absolute Gasteiger partial charge is 0.245 e. The summed E-state index contributed by atoms with van der Waals surface area (Å²) in [5.74, 6) is 0.725. The maximum atomic E-state index is 12.7. The number of amides is 2. The highest BCUT2D eigenvalue weighted by Crippen LogP contribution is 2.19. The van der Waals surface area contributed by atoms with Crippen molar-refractivity contribution in [3.8, 4) is 5.75 Å². The van der Waals surface area contributed by atoms with Crippen molar-refractivity contribution in [2.75, 3.05) is 13.7 Å². The predicted molar refractivity (Wildman–Crippen MR) is 94.9 cm³/mol. The molecule has 2 aromatic carbocycles. The van der Waals surface area contributed by atoms with Gasteiger partial charge in [-0.1, -0.05) is 42.5 Å². The van der Waals surface area contributed by atoms with Crippen molar-refractivity contribution in [1.82, 2.24) is 9.80 Å². The van der Waals surface area contributed by atoms with E-state index < -0.39 is 6.04 Å². The Hall–Kier alpha value is -2.82. The second-order valence-electron chi connectivity index (χ2n) is 6.23. The van der Waals surface area contributed by atoms with Gasteiger partial charge in [-0.3, -0.25) is 9.59 Å². The minimum atomic E-state index is -0.459. The van der Waals surface area contributed by atoms with Gasteiger partial charge < -0.3 is 14.5 Å². The molecule has 5 nitrogen and oxygen atoms in total. The van der Waals surface area contributed by atoms with Crippen molar-refractivity contribution in [2.45, 2.75) is 26.1 Å². The molecule has 1 aliphatic rings.